The average molecular weight is 249 g/mol. The summed E-state index contributed by atoms with van der Waals surface area (Å²) < 4.78 is 27.9. The van der Waals surface area contributed by atoms with Crippen molar-refractivity contribution in [3.8, 4) is 0 Å². The minimum absolute atomic E-state index is 0.130. The number of nitrogens with zero attached hydrogens (tertiary/aromatic N) is 1. The molecule has 0 aromatic carbocycles. The van der Waals surface area contributed by atoms with Crippen molar-refractivity contribution in [1.29, 1.82) is 0 Å². The van der Waals surface area contributed by atoms with Crippen molar-refractivity contribution in [3.63, 3.8) is 0 Å². The van der Waals surface area contributed by atoms with Crippen molar-refractivity contribution in [1.82, 2.24) is 10.2 Å². The molecule has 3 N–H and O–H groups in total. The summed E-state index contributed by atoms with van der Waals surface area (Å²) in [5.74, 6) is -0.273. The number of likely N-dealkylation sites (tertiary alicyclic amines) is 1. The molecule has 1 aliphatic heterocycles. The van der Waals surface area contributed by atoms with Gasteiger partial charge in [0.25, 0.3) is 0 Å². The van der Waals surface area contributed by atoms with E-state index in [-0.39, 0.29) is 19.0 Å². The first-order valence-electron chi connectivity index (χ1n) is 5.23. The summed E-state index contributed by atoms with van der Waals surface area (Å²) in [4.78, 5) is 24.0. The molecule has 2 fully saturated rings. The summed E-state index contributed by atoms with van der Waals surface area (Å²) in [6, 6.07) is -0.753. The fraction of sp³-hybridized carbons (Fsp3) is 0.778. The molecule has 0 spiro atoms. The zero-order valence-corrected chi connectivity index (χ0v) is 8.99. The number of halogens is 2. The third-order valence-corrected chi connectivity index (χ3v) is 2.95. The summed E-state index contributed by atoms with van der Waals surface area (Å²) in [5.41, 5.74) is 4.06. The second kappa shape index (κ2) is 4.10. The summed E-state index contributed by atoms with van der Waals surface area (Å²) in [7, 11) is 0. The highest BCUT2D eigenvalue weighted by Crippen LogP contribution is 2.38. The van der Waals surface area contributed by atoms with Gasteiger partial charge in [-0.05, 0) is 12.8 Å². The van der Waals surface area contributed by atoms with Crippen LogP contribution in [0.2, 0.25) is 0 Å². The van der Waals surface area contributed by atoms with Crippen LogP contribution < -0.4 is 11.1 Å². The van der Waals surface area contributed by atoms with Crippen LogP contribution in [-0.2, 0) is 9.53 Å². The summed E-state index contributed by atoms with van der Waals surface area (Å²) in [6.45, 7) is -2.56. The topological polar surface area (TPSA) is 84.7 Å². The maximum Gasteiger partial charge on any atom is 0.345 e. The van der Waals surface area contributed by atoms with Crippen LogP contribution in [0.3, 0.4) is 0 Å². The Morgan fingerprint density at radius 3 is 2.41 bits per heavy atom. The summed E-state index contributed by atoms with van der Waals surface area (Å²) >= 11 is 0. The molecular formula is C9H13F2N3O3. The fourth-order valence-corrected chi connectivity index (χ4v) is 1.89. The van der Waals surface area contributed by atoms with Crippen LogP contribution in [0.4, 0.5) is 13.6 Å². The molecule has 1 saturated carbocycles. The molecule has 17 heavy (non-hydrogen) atoms. The van der Waals surface area contributed by atoms with E-state index in [9.17, 15) is 18.4 Å². The van der Waals surface area contributed by atoms with Gasteiger partial charge in [-0.3, -0.25) is 4.79 Å². The molecule has 3 amide bonds. The van der Waals surface area contributed by atoms with E-state index in [1.165, 1.54) is 4.90 Å². The van der Waals surface area contributed by atoms with Crippen molar-refractivity contribution in [2.24, 2.45) is 5.73 Å². The van der Waals surface area contributed by atoms with E-state index < -0.39 is 24.3 Å². The van der Waals surface area contributed by atoms with Crippen LogP contribution in [0.25, 0.3) is 0 Å². The van der Waals surface area contributed by atoms with Gasteiger partial charge in [0.1, 0.15) is 5.54 Å². The Labute approximate surface area is 96.1 Å². The number of hydrogen-bond donors (Lipinski definition) is 2. The number of amides is 3. The van der Waals surface area contributed by atoms with Gasteiger partial charge in [0.2, 0.25) is 5.91 Å². The van der Waals surface area contributed by atoms with E-state index in [1.807, 2.05) is 0 Å². The molecule has 96 valence electrons. The van der Waals surface area contributed by atoms with Crippen molar-refractivity contribution in [2.45, 2.75) is 31.1 Å². The molecule has 0 radical (unpaired) electrons. The highest BCUT2D eigenvalue weighted by Gasteiger charge is 2.54. The smallest absolute Gasteiger partial charge is 0.345 e. The molecule has 1 aliphatic carbocycles. The van der Waals surface area contributed by atoms with Gasteiger partial charge in [-0.2, -0.15) is 8.78 Å². The molecule has 2 rings (SSSR count). The normalized spacial score (nSPS) is 22.2. The number of rotatable bonds is 4. The monoisotopic (exact) mass is 249 g/mol. The van der Waals surface area contributed by atoms with Crippen LogP contribution in [0.15, 0.2) is 0 Å². The SMILES string of the molecule is NC(=O)NC1(C(=O)N2CC(OC(F)F)C2)CC1. The largest absolute Gasteiger partial charge is 0.352 e. The minimum Gasteiger partial charge on any atom is -0.352 e. The molecule has 6 nitrogen and oxygen atoms in total. The molecular weight excluding hydrogens is 236 g/mol. The predicted octanol–water partition coefficient (Wildman–Crippen LogP) is -0.363. The molecule has 8 heteroatoms. The van der Waals surface area contributed by atoms with Crippen LogP contribution in [0.5, 0.6) is 0 Å². The van der Waals surface area contributed by atoms with Gasteiger partial charge < -0.3 is 20.7 Å². The van der Waals surface area contributed by atoms with Gasteiger partial charge in [0.15, 0.2) is 0 Å². The number of carbonyl (C=O) groups excluding carboxylic acids is 2. The molecule has 0 unspecified atom stereocenters. The van der Waals surface area contributed by atoms with Crippen molar-refractivity contribution >= 4 is 11.9 Å². The number of ether oxygens (including phenoxy) is 1. The summed E-state index contributed by atoms with van der Waals surface area (Å²) in [6.07, 6.45) is 0.445. The van der Waals surface area contributed by atoms with E-state index >= 15 is 0 Å². The molecule has 0 aromatic heterocycles. The van der Waals surface area contributed by atoms with E-state index in [0.717, 1.165) is 0 Å². The van der Waals surface area contributed by atoms with Gasteiger partial charge in [-0.1, -0.05) is 0 Å². The van der Waals surface area contributed by atoms with Crippen LogP contribution in [-0.4, -0.2) is 48.2 Å². The first kappa shape index (κ1) is 12.0. The second-order valence-corrected chi connectivity index (χ2v) is 4.30. The highest BCUT2D eigenvalue weighted by molar-refractivity contribution is 5.93. The number of nitrogens with one attached hydrogen (secondary N) is 1. The number of carbonyl (C=O) groups is 2. The Balaban J connectivity index is 1.81. The van der Waals surface area contributed by atoms with E-state index in [1.54, 1.807) is 0 Å². The third-order valence-electron chi connectivity index (χ3n) is 2.95. The van der Waals surface area contributed by atoms with Gasteiger partial charge in [-0.15, -0.1) is 0 Å². The Morgan fingerprint density at radius 2 is 2.00 bits per heavy atom. The van der Waals surface area contributed by atoms with Crippen LogP contribution in [0, 0.1) is 0 Å². The number of alkyl halides is 2. The third kappa shape index (κ3) is 2.46. The standard InChI is InChI=1S/C9H13F2N3O3/c10-7(11)17-5-3-14(4-5)6(15)9(1-2-9)13-8(12)16/h5,7H,1-4H2,(H3,12,13,16). The lowest BCUT2D eigenvalue weighted by atomic mass is 10.1. The number of primary amides is 1. The average Bonchev–Trinajstić information content (AvgIpc) is 2.89. The first-order chi connectivity index (χ1) is 7.93. The Kier molecular flexibility index (Phi) is 2.90. The fourth-order valence-electron chi connectivity index (χ4n) is 1.89. The van der Waals surface area contributed by atoms with Gasteiger partial charge >= 0.3 is 12.6 Å². The zero-order chi connectivity index (χ0) is 12.6. The number of hydrogen-bond acceptors (Lipinski definition) is 3. The van der Waals surface area contributed by atoms with Crippen molar-refractivity contribution < 1.29 is 23.1 Å². The second-order valence-electron chi connectivity index (χ2n) is 4.30. The Morgan fingerprint density at radius 1 is 1.41 bits per heavy atom. The van der Waals surface area contributed by atoms with E-state index in [2.05, 4.69) is 10.1 Å². The van der Waals surface area contributed by atoms with Gasteiger partial charge in [0.05, 0.1) is 6.10 Å². The lowest BCUT2D eigenvalue weighted by Gasteiger charge is -2.40. The Bertz CT molecular complexity index is 340. The molecule has 2 aliphatic rings. The first-order valence-corrected chi connectivity index (χ1v) is 5.23. The maximum atomic E-state index is 11.9. The van der Waals surface area contributed by atoms with Crippen LogP contribution in [0.1, 0.15) is 12.8 Å². The quantitative estimate of drug-likeness (QED) is 0.713. The Hall–Kier alpha value is -1.44. The lowest BCUT2D eigenvalue weighted by Crippen LogP contribution is -2.61. The zero-order valence-electron chi connectivity index (χ0n) is 8.99. The molecule has 0 atom stereocenters. The number of nitrogens with two attached hydrogens (primary N) is 1. The van der Waals surface area contributed by atoms with Crippen molar-refractivity contribution in [3.05, 3.63) is 0 Å². The van der Waals surface area contributed by atoms with E-state index in [0.29, 0.717) is 12.8 Å². The number of urea groups is 1. The molecule has 1 saturated heterocycles. The van der Waals surface area contributed by atoms with Gasteiger partial charge in [-0.25, -0.2) is 4.79 Å². The molecule has 0 bridgehead atoms. The van der Waals surface area contributed by atoms with Crippen LogP contribution >= 0.6 is 0 Å². The van der Waals surface area contributed by atoms with Crippen molar-refractivity contribution in [2.75, 3.05) is 13.1 Å². The lowest BCUT2D eigenvalue weighted by molar-refractivity contribution is -0.199. The molecule has 1 heterocycles. The predicted molar refractivity (Wildman–Crippen MR) is 52.1 cm³/mol. The maximum absolute atomic E-state index is 11.9. The van der Waals surface area contributed by atoms with Gasteiger partial charge in [0, 0.05) is 13.1 Å². The van der Waals surface area contributed by atoms with E-state index in [4.69, 9.17) is 5.73 Å². The molecule has 0 aromatic rings. The highest BCUT2D eigenvalue weighted by atomic mass is 19.3. The minimum atomic E-state index is -2.82. The summed E-state index contributed by atoms with van der Waals surface area (Å²) in [5, 5.41) is 2.39.